The van der Waals surface area contributed by atoms with Gasteiger partial charge in [-0.05, 0) is 14.0 Å². The number of carboxylic acid groups (broad SMARTS) is 1. The summed E-state index contributed by atoms with van der Waals surface area (Å²) in [6, 6.07) is -0.815. The molecule has 2 rings (SSSR count). The lowest BCUT2D eigenvalue weighted by molar-refractivity contribution is -0.141. The Morgan fingerprint density at radius 1 is 1.22 bits per heavy atom. The number of hydrogen-bond acceptors (Lipinski definition) is 4. The van der Waals surface area contributed by atoms with Crippen LogP contribution in [-0.2, 0) is 4.79 Å². The average molecular weight is 273 g/mol. The molecule has 2 aliphatic rings. The summed E-state index contributed by atoms with van der Waals surface area (Å²) in [7, 11) is 2.02. The molecule has 0 aromatic carbocycles. The van der Waals surface area contributed by atoms with Crippen molar-refractivity contribution in [3.63, 3.8) is 0 Å². The van der Waals surface area contributed by atoms with E-state index < -0.39 is 12.0 Å². The number of nitrogens with zero attached hydrogens (tertiary/aromatic N) is 3. The molecule has 0 aromatic rings. The highest BCUT2D eigenvalue weighted by molar-refractivity contribution is 8.00. The Morgan fingerprint density at radius 2 is 1.83 bits per heavy atom. The first-order valence-electron chi connectivity index (χ1n) is 6.11. The van der Waals surface area contributed by atoms with Crippen molar-refractivity contribution in [1.82, 2.24) is 14.7 Å². The molecule has 6 nitrogen and oxygen atoms in total. The molecule has 18 heavy (non-hydrogen) atoms. The van der Waals surface area contributed by atoms with Crippen LogP contribution in [0.15, 0.2) is 0 Å². The lowest BCUT2D eigenvalue weighted by atomic mass is 10.3. The zero-order valence-corrected chi connectivity index (χ0v) is 11.5. The topological polar surface area (TPSA) is 64.1 Å². The molecule has 0 bridgehead atoms. The molecule has 0 aliphatic carbocycles. The van der Waals surface area contributed by atoms with Crippen LogP contribution in [0.1, 0.15) is 6.92 Å². The van der Waals surface area contributed by atoms with E-state index in [9.17, 15) is 9.59 Å². The number of hydrogen-bond donors (Lipinski definition) is 1. The predicted molar refractivity (Wildman–Crippen MR) is 69.6 cm³/mol. The zero-order chi connectivity index (χ0) is 13.3. The fourth-order valence-electron chi connectivity index (χ4n) is 2.28. The maximum Gasteiger partial charge on any atom is 0.327 e. The predicted octanol–water partition coefficient (Wildman–Crippen LogP) is 0.202. The van der Waals surface area contributed by atoms with Gasteiger partial charge in [-0.2, -0.15) is 0 Å². The molecule has 2 aliphatic heterocycles. The summed E-state index contributed by atoms with van der Waals surface area (Å²) in [4.78, 5) is 29.0. The Hall–Kier alpha value is -0.950. The molecule has 7 heteroatoms. The monoisotopic (exact) mass is 273 g/mol. The molecule has 102 valence electrons. The molecule has 2 fully saturated rings. The molecule has 0 aromatic heterocycles. The van der Waals surface area contributed by atoms with Crippen molar-refractivity contribution in [2.45, 2.75) is 18.3 Å². The zero-order valence-electron chi connectivity index (χ0n) is 10.7. The minimum Gasteiger partial charge on any atom is -0.480 e. The number of urea groups is 1. The SMILES string of the molecule is CC1SCC(C(=O)O)N1C(=O)N1CCN(C)CC1. The summed E-state index contributed by atoms with van der Waals surface area (Å²) in [5.74, 6) is -0.426. The van der Waals surface area contributed by atoms with E-state index >= 15 is 0 Å². The molecule has 1 N–H and O–H groups in total. The average Bonchev–Trinajstić information content (AvgIpc) is 2.71. The van der Waals surface area contributed by atoms with Crippen LogP contribution in [0.5, 0.6) is 0 Å². The highest BCUT2D eigenvalue weighted by atomic mass is 32.2. The third kappa shape index (κ3) is 2.56. The fraction of sp³-hybridized carbons (Fsp3) is 0.818. The molecule has 0 radical (unpaired) electrons. The number of rotatable bonds is 1. The summed E-state index contributed by atoms with van der Waals surface area (Å²) in [5, 5.41) is 9.10. The number of thioether (sulfide) groups is 1. The van der Waals surface area contributed by atoms with Crippen LogP contribution in [0.2, 0.25) is 0 Å². The lowest BCUT2D eigenvalue weighted by Gasteiger charge is -2.37. The second-order valence-corrected chi connectivity index (χ2v) is 6.12. The van der Waals surface area contributed by atoms with Crippen LogP contribution >= 0.6 is 11.8 Å². The van der Waals surface area contributed by atoms with Crippen molar-refractivity contribution in [1.29, 1.82) is 0 Å². The van der Waals surface area contributed by atoms with Crippen LogP contribution in [0.4, 0.5) is 4.79 Å². The van der Waals surface area contributed by atoms with Gasteiger partial charge in [0.2, 0.25) is 0 Å². The van der Waals surface area contributed by atoms with Gasteiger partial charge in [-0.25, -0.2) is 9.59 Å². The number of carbonyl (C=O) groups is 2. The Labute approximate surface area is 111 Å². The van der Waals surface area contributed by atoms with Gasteiger partial charge in [0, 0.05) is 31.9 Å². The lowest BCUT2D eigenvalue weighted by Crippen LogP contribution is -2.55. The molecule has 2 amide bonds. The standard InChI is InChI=1S/C11H19N3O3S/c1-8-14(9(7-18-8)10(15)16)11(17)13-5-3-12(2)4-6-13/h8-9H,3-7H2,1-2H3,(H,15,16). The van der Waals surface area contributed by atoms with Crippen LogP contribution in [0, 0.1) is 0 Å². The van der Waals surface area contributed by atoms with Crippen molar-refractivity contribution < 1.29 is 14.7 Å². The quantitative estimate of drug-likeness (QED) is 0.739. The van der Waals surface area contributed by atoms with E-state index in [-0.39, 0.29) is 11.4 Å². The summed E-state index contributed by atoms with van der Waals surface area (Å²) in [5.41, 5.74) is 0. The van der Waals surface area contributed by atoms with Gasteiger partial charge in [0.15, 0.2) is 0 Å². The van der Waals surface area contributed by atoms with Gasteiger partial charge in [0.25, 0.3) is 0 Å². The normalized spacial score (nSPS) is 29.7. The molecular formula is C11H19N3O3S. The van der Waals surface area contributed by atoms with Gasteiger partial charge in [0.05, 0.1) is 5.37 Å². The van der Waals surface area contributed by atoms with E-state index in [2.05, 4.69) is 4.90 Å². The highest BCUT2D eigenvalue weighted by Crippen LogP contribution is 2.30. The van der Waals surface area contributed by atoms with Gasteiger partial charge >= 0.3 is 12.0 Å². The van der Waals surface area contributed by atoms with Crippen molar-refractivity contribution in [2.24, 2.45) is 0 Å². The van der Waals surface area contributed by atoms with E-state index in [4.69, 9.17) is 5.11 Å². The molecule has 2 atom stereocenters. The first-order chi connectivity index (χ1) is 8.50. The molecule has 2 saturated heterocycles. The third-order valence-corrected chi connectivity index (χ3v) is 4.72. The van der Waals surface area contributed by atoms with Crippen molar-refractivity contribution in [3.8, 4) is 0 Å². The smallest absolute Gasteiger partial charge is 0.327 e. The van der Waals surface area contributed by atoms with Crippen LogP contribution in [0.25, 0.3) is 0 Å². The van der Waals surface area contributed by atoms with Gasteiger partial charge in [-0.1, -0.05) is 0 Å². The minimum atomic E-state index is -0.908. The number of likely N-dealkylation sites (N-methyl/N-ethyl adjacent to an activating group) is 1. The van der Waals surface area contributed by atoms with E-state index in [0.29, 0.717) is 18.8 Å². The first kappa shape index (κ1) is 13.5. The van der Waals surface area contributed by atoms with Gasteiger partial charge in [0.1, 0.15) is 6.04 Å². The highest BCUT2D eigenvalue weighted by Gasteiger charge is 2.41. The van der Waals surface area contributed by atoms with Crippen molar-refractivity contribution in [2.75, 3.05) is 39.0 Å². The molecule has 2 unspecified atom stereocenters. The second-order valence-electron chi connectivity index (χ2n) is 4.77. The van der Waals surface area contributed by atoms with Gasteiger partial charge < -0.3 is 14.9 Å². The second kappa shape index (κ2) is 5.36. The van der Waals surface area contributed by atoms with Gasteiger partial charge in [-0.15, -0.1) is 11.8 Å². The summed E-state index contributed by atoms with van der Waals surface area (Å²) >= 11 is 1.52. The van der Waals surface area contributed by atoms with Crippen LogP contribution in [-0.4, -0.2) is 82.2 Å². The Morgan fingerprint density at radius 3 is 2.39 bits per heavy atom. The molecular weight excluding hydrogens is 254 g/mol. The molecule has 0 spiro atoms. The Bertz CT molecular complexity index is 344. The number of piperazine rings is 1. The van der Waals surface area contributed by atoms with Gasteiger partial charge in [-0.3, -0.25) is 4.90 Å². The summed E-state index contributed by atoms with van der Waals surface area (Å²) < 4.78 is 0. The number of amides is 2. The molecule has 0 saturated carbocycles. The van der Waals surface area contributed by atoms with Crippen LogP contribution < -0.4 is 0 Å². The maximum atomic E-state index is 12.4. The van der Waals surface area contributed by atoms with E-state index in [1.165, 1.54) is 16.7 Å². The molecule has 2 heterocycles. The van der Waals surface area contributed by atoms with Crippen molar-refractivity contribution >= 4 is 23.8 Å². The number of carbonyl (C=O) groups excluding carboxylic acids is 1. The number of carboxylic acids is 1. The summed E-state index contributed by atoms with van der Waals surface area (Å²) in [6.45, 7) is 4.93. The minimum absolute atomic E-state index is 0.0572. The van der Waals surface area contributed by atoms with Crippen LogP contribution in [0.3, 0.4) is 0 Å². The maximum absolute atomic E-state index is 12.4. The fourth-order valence-corrected chi connectivity index (χ4v) is 3.45. The third-order valence-electron chi connectivity index (χ3n) is 3.50. The number of aliphatic carboxylic acids is 1. The van der Waals surface area contributed by atoms with E-state index in [1.807, 2.05) is 14.0 Å². The van der Waals surface area contributed by atoms with E-state index in [0.717, 1.165) is 13.1 Å². The largest absolute Gasteiger partial charge is 0.480 e. The first-order valence-corrected chi connectivity index (χ1v) is 7.15. The Balaban J connectivity index is 2.04. The Kier molecular flexibility index (Phi) is 4.01. The summed E-state index contributed by atoms with van der Waals surface area (Å²) in [6.07, 6.45) is 0. The van der Waals surface area contributed by atoms with Crippen molar-refractivity contribution in [3.05, 3.63) is 0 Å². The van der Waals surface area contributed by atoms with E-state index in [1.54, 1.807) is 4.90 Å².